The quantitative estimate of drug-likeness (QED) is 0.749. The minimum atomic E-state index is -0.148. The molecule has 4 nitrogen and oxygen atoms in total. The third-order valence-corrected chi connectivity index (χ3v) is 4.12. The molecule has 2 aromatic rings. The largest absolute Gasteiger partial charge is 0.490 e. The highest BCUT2D eigenvalue weighted by Crippen LogP contribution is 2.30. The van der Waals surface area contributed by atoms with E-state index in [0.717, 1.165) is 11.1 Å². The van der Waals surface area contributed by atoms with Gasteiger partial charge in [0.25, 0.3) is 0 Å². The first-order valence-corrected chi connectivity index (χ1v) is 8.85. The van der Waals surface area contributed by atoms with Crippen molar-refractivity contribution in [2.75, 3.05) is 13.2 Å². The van der Waals surface area contributed by atoms with E-state index in [2.05, 4.69) is 5.32 Å². The molecule has 0 aliphatic heterocycles. The van der Waals surface area contributed by atoms with E-state index in [1.54, 1.807) is 6.07 Å². The normalized spacial score (nSPS) is 11.7. The van der Waals surface area contributed by atoms with Gasteiger partial charge in [-0.3, -0.25) is 4.79 Å². The van der Waals surface area contributed by atoms with Gasteiger partial charge in [0.05, 0.1) is 25.7 Å². The van der Waals surface area contributed by atoms with Crippen LogP contribution in [-0.4, -0.2) is 19.1 Å². The van der Waals surface area contributed by atoms with Crippen LogP contribution in [0.4, 0.5) is 0 Å². The van der Waals surface area contributed by atoms with Gasteiger partial charge < -0.3 is 14.8 Å². The van der Waals surface area contributed by atoms with E-state index < -0.39 is 0 Å². The van der Waals surface area contributed by atoms with E-state index in [1.165, 1.54) is 0 Å². The number of halogens is 1. The molecular weight excluding hydrogens is 338 g/mol. The van der Waals surface area contributed by atoms with Gasteiger partial charge >= 0.3 is 0 Å². The number of carbonyl (C=O) groups is 1. The summed E-state index contributed by atoms with van der Waals surface area (Å²) in [5.74, 6) is 1.32. The second-order valence-electron chi connectivity index (χ2n) is 5.63. The lowest BCUT2D eigenvalue weighted by Gasteiger charge is -2.17. The van der Waals surface area contributed by atoms with Crippen LogP contribution in [0.5, 0.6) is 11.5 Å². The zero-order valence-electron chi connectivity index (χ0n) is 14.8. The third kappa shape index (κ3) is 5.40. The van der Waals surface area contributed by atoms with Crippen molar-refractivity contribution >= 4 is 17.5 Å². The summed E-state index contributed by atoms with van der Waals surface area (Å²) in [5, 5.41) is 3.60. The molecule has 134 valence electrons. The Morgan fingerprint density at radius 3 is 2.44 bits per heavy atom. The molecule has 0 aliphatic rings. The van der Waals surface area contributed by atoms with Crippen LogP contribution in [0.1, 0.15) is 37.9 Å². The minimum absolute atomic E-state index is 0.0764. The molecule has 0 saturated heterocycles. The van der Waals surface area contributed by atoms with E-state index in [9.17, 15) is 4.79 Å². The fraction of sp³-hybridized carbons (Fsp3) is 0.350. The van der Waals surface area contributed by atoms with Crippen molar-refractivity contribution in [3.05, 3.63) is 58.6 Å². The summed E-state index contributed by atoms with van der Waals surface area (Å²) in [6.45, 7) is 6.93. The van der Waals surface area contributed by atoms with Gasteiger partial charge in [-0.15, -0.1) is 0 Å². The molecule has 0 fully saturated rings. The number of rotatable bonds is 8. The standard InChI is InChI=1S/C20H24ClNO3/c1-4-24-18-11-10-15(12-19(18)25-5-2)14(3)22-20(23)13-16-8-6-7-9-17(16)21/h6-12,14H,4-5,13H2,1-3H3,(H,22,23)/t14-/m1/s1. The van der Waals surface area contributed by atoms with Crippen LogP contribution in [0.3, 0.4) is 0 Å². The first-order chi connectivity index (χ1) is 12.0. The monoisotopic (exact) mass is 361 g/mol. The van der Waals surface area contributed by atoms with Crippen molar-refractivity contribution in [3.63, 3.8) is 0 Å². The molecule has 0 bridgehead atoms. The maximum absolute atomic E-state index is 12.3. The number of carbonyl (C=O) groups excluding carboxylic acids is 1. The summed E-state index contributed by atoms with van der Waals surface area (Å²) in [7, 11) is 0. The van der Waals surface area contributed by atoms with Gasteiger partial charge in [-0.1, -0.05) is 35.9 Å². The molecule has 0 unspecified atom stereocenters. The summed E-state index contributed by atoms with van der Waals surface area (Å²) >= 11 is 6.11. The molecule has 2 rings (SSSR count). The molecule has 0 aliphatic carbocycles. The summed E-state index contributed by atoms with van der Waals surface area (Å²) in [4.78, 5) is 12.3. The van der Waals surface area contributed by atoms with Gasteiger partial charge in [-0.25, -0.2) is 0 Å². The first kappa shape index (κ1) is 19.1. The molecule has 25 heavy (non-hydrogen) atoms. The number of nitrogens with one attached hydrogen (secondary N) is 1. The number of benzene rings is 2. The predicted octanol–water partition coefficient (Wildman–Crippen LogP) is 4.56. The van der Waals surface area contributed by atoms with Crippen molar-refractivity contribution in [2.24, 2.45) is 0 Å². The second-order valence-corrected chi connectivity index (χ2v) is 6.04. The third-order valence-electron chi connectivity index (χ3n) is 3.75. The lowest BCUT2D eigenvalue weighted by molar-refractivity contribution is -0.121. The van der Waals surface area contributed by atoms with Crippen LogP contribution >= 0.6 is 11.6 Å². The van der Waals surface area contributed by atoms with E-state index in [0.29, 0.717) is 29.7 Å². The summed E-state index contributed by atoms with van der Waals surface area (Å²) in [6.07, 6.45) is 0.249. The molecule has 0 heterocycles. The highest BCUT2D eigenvalue weighted by molar-refractivity contribution is 6.31. The zero-order chi connectivity index (χ0) is 18.2. The molecule has 0 aromatic heterocycles. The van der Waals surface area contributed by atoms with Gasteiger partial charge in [-0.2, -0.15) is 0 Å². The second kappa shape index (κ2) is 9.33. The van der Waals surface area contributed by atoms with Crippen molar-refractivity contribution in [1.29, 1.82) is 0 Å². The van der Waals surface area contributed by atoms with E-state index in [-0.39, 0.29) is 18.4 Å². The van der Waals surface area contributed by atoms with Crippen LogP contribution in [0, 0.1) is 0 Å². The Labute approximate surface area is 154 Å². The van der Waals surface area contributed by atoms with Gasteiger partial charge in [0.15, 0.2) is 11.5 Å². The highest BCUT2D eigenvalue weighted by atomic mass is 35.5. The zero-order valence-corrected chi connectivity index (χ0v) is 15.6. The lowest BCUT2D eigenvalue weighted by Crippen LogP contribution is -2.28. The SMILES string of the molecule is CCOc1ccc([C@@H](C)NC(=O)Cc2ccccc2Cl)cc1OCC. The first-order valence-electron chi connectivity index (χ1n) is 8.47. The van der Waals surface area contributed by atoms with Crippen molar-refractivity contribution in [2.45, 2.75) is 33.2 Å². The Kier molecular flexibility index (Phi) is 7.14. The average Bonchev–Trinajstić information content (AvgIpc) is 2.59. The van der Waals surface area contributed by atoms with Crippen LogP contribution < -0.4 is 14.8 Å². The Morgan fingerprint density at radius 1 is 1.08 bits per heavy atom. The molecule has 1 amide bonds. The predicted molar refractivity (Wildman–Crippen MR) is 100 cm³/mol. The van der Waals surface area contributed by atoms with Crippen LogP contribution in [0.25, 0.3) is 0 Å². The molecular formula is C20H24ClNO3. The van der Waals surface area contributed by atoms with Crippen LogP contribution in [0.2, 0.25) is 5.02 Å². The van der Waals surface area contributed by atoms with Gasteiger partial charge in [0.2, 0.25) is 5.91 Å². The Morgan fingerprint density at radius 2 is 1.76 bits per heavy atom. The molecule has 1 atom stereocenters. The summed E-state index contributed by atoms with van der Waals surface area (Å²) < 4.78 is 11.2. The molecule has 2 aromatic carbocycles. The Bertz CT molecular complexity index is 718. The number of hydrogen-bond acceptors (Lipinski definition) is 3. The van der Waals surface area contributed by atoms with Crippen LogP contribution in [0.15, 0.2) is 42.5 Å². The van der Waals surface area contributed by atoms with Crippen molar-refractivity contribution < 1.29 is 14.3 Å². The van der Waals surface area contributed by atoms with Crippen molar-refractivity contribution in [3.8, 4) is 11.5 Å². The number of ether oxygens (including phenoxy) is 2. The molecule has 1 N–H and O–H groups in total. The summed E-state index contributed by atoms with van der Waals surface area (Å²) in [6, 6.07) is 12.9. The Hall–Kier alpha value is -2.20. The topological polar surface area (TPSA) is 47.6 Å². The smallest absolute Gasteiger partial charge is 0.224 e. The molecule has 0 radical (unpaired) electrons. The number of amides is 1. The molecule has 0 saturated carbocycles. The van der Waals surface area contributed by atoms with Gasteiger partial charge in [0.1, 0.15) is 0 Å². The van der Waals surface area contributed by atoms with E-state index >= 15 is 0 Å². The fourth-order valence-electron chi connectivity index (χ4n) is 2.53. The molecule has 0 spiro atoms. The van der Waals surface area contributed by atoms with Crippen LogP contribution in [-0.2, 0) is 11.2 Å². The van der Waals surface area contributed by atoms with Crippen molar-refractivity contribution in [1.82, 2.24) is 5.32 Å². The molecule has 5 heteroatoms. The van der Waals surface area contributed by atoms with E-state index in [4.69, 9.17) is 21.1 Å². The van der Waals surface area contributed by atoms with E-state index in [1.807, 2.05) is 57.2 Å². The maximum atomic E-state index is 12.3. The fourth-order valence-corrected chi connectivity index (χ4v) is 2.73. The Balaban J connectivity index is 2.06. The van der Waals surface area contributed by atoms with Gasteiger partial charge in [-0.05, 0) is 50.1 Å². The average molecular weight is 362 g/mol. The minimum Gasteiger partial charge on any atom is -0.490 e. The maximum Gasteiger partial charge on any atom is 0.224 e. The lowest BCUT2D eigenvalue weighted by atomic mass is 10.1. The highest BCUT2D eigenvalue weighted by Gasteiger charge is 2.14. The number of hydrogen-bond donors (Lipinski definition) is 1. The van der Waals surface area contributed by atoms with Gasteiger partial charge in [0, 0.05) is 5.02 Å². The summed E-state index contributed by atoms with van der Waals surface area (Å²) in [5.41, 5.74) is 1.77.